The molecule has 1 atom stereocenters. The Hall–Kier alpha value is -1.69. The van der Waals surface area contributed by atoms with Gasteiger partial charge in [-0.2, -0.15) is 11.8 Å². The Morgan fingerprint density at radius 1 is 1.43 bits per heavy atom. The third-order valence-electron chi connectivity index (χ3n) is 4.08. The standard InChI is InChI=1S/C17H24N2O3S/c1-11(2)23-10-14-5-4-6-15(12(14)3)18-17(22)19-8-7-13(9-19)16(20)21/h4-6,11,13H,7-10H2,1-3H3,(H,18,22)(H,20,21). The third-order valence-corrected chi connectivity index (χ3v) is 5.23. The molecule has 1 saturated heterocycles. The summed E-state index contributed by atoms with van der Waals surface area (Å²) in [7, 11) is 0. The Morgan fingerprint density at radius 3 is 2.78 bits per heavy atom. The molecule has 1 aliphatic rings. The number of likely N-dealkylation sites (tertiary alicyclic amines) is 1. The van der Waals surface area contributed by atoms with Gasteiger partial charge in [0.05, 0.1) is 5.92 Å². The van der Waals surface area contributed by atoms with E-state index in [2.05, 4.69) is 25.2 Å². The molecule has 2 rings (SSSR count). The van der Waals surface area contributed by atoms with Crippen molar-refractivity contribution in [1.82, 2.24) is 4.90 Å². The van der Waals surface area contributed by atoms with Crippen LogP contribution in [0.2, 0.25) is 0 Å². The number of amides is 2. The number of hydrogen-bond donors (Lipinski definition) is 2. The van der Waals surface area contributed by atoms with Crippen LogP contribution >= 0.6 is 11.8 Å². The predicted octanol–water partition coefficient (Wildman–Crippen LogP) is 3.58. The maximum atomic E-state index is 12.3. The Bertz CT molecular complexity index is 589. The van der Waals surface area contributed by atoms with Gasteiger partial charge in [0, 0.05) is 24.5 Å². The molecule has 0 spiro atoms. The van der Waals surface area contributed by atoms with Gasteiger partial charge in [-0.1, -0.05) is 26.0 Å². The zero-order chi connectivity index (χ0) is 17.0. The van der Waals surface area contributed by atoms with Crippen LogP contribution in [0.4, 0.5) is 10.5 Å². The van der Waals surface area contributed by atoms with Gasteiger partial charge >= 0.3 is 12.0 Å². The van der Waals surface area contributed by atoms with E-state index in [0.717, 1.165) is 17.0 Å². The molecule has 2 amide bonds. The van der Waals surface area contributed by atoms with Crippen LogP contribution in [0.1, 0.15) is 31.4 Å². The molecule has 1 unspecified atom stereocenters. The minimum absolute atomic E-state index is 0.217. The summed E-state index contributed by atoms with van der Waals surface area (Å²) in [6.07, 6.45) is 0.521. The van der Waals surface area contributed by atoms with E-state index in [4.69, 9.17) is 5.11 Å². The van der Waals surface area contributed by atoms with Gasteiger partial charge in [0.25, 0.3) is 0 Å². The molecule has 1 aromatic rings. The van der Waals surface area contributed by atoms with Crippen molar-refractivity contribution in [1.29, 1.82) is 0 Å². The minimum Gasteiger partial charge on any atom is -0.481 e. The molecule has 1 aliphatic heterocycles. The second-order valence-corrected chi connectivity index (χ2v) is 7.71. The van der Waals surface area contributed by atoms with E-state index in [0.29, 0.717) is 18.2 Å². The lowest BCUT2D eigenvalue weighted by atomic mass is 10.1. The number of carboxylic acids is 1. The number of rotatable bonds is 5. The largest absolute Gasteiger partial charge is 0.481 e. The van der Waals surface area contributed by atoms with Crippen LogP contribution in [-0.2, 0) is 10.5 Å². The summed E-state index contributed by atoms with van der Waals surface area (Å²) in [4.78, 5) is 24.9. The van der Waals surface area contributed by atoms with Crippen molar-refractivity contribution in [2.45, 2.75) is 38.2 Å². The van der Waals surface area contributed by atoms with Crippen LogP contribution < -0.4 is 5.32 Å². The van der Waals surface area contributed by atoms with Crippen LogP contribution in [0.5, 0.6) is 0 Å². The first-order chi connectivity index (χ1) is 10.9. The molecule has 126 valence electrons. The highest BCUT2D eigenvalue weighted by Gasteiger charge is 2.30. The maximum absolute atomic E-state index is 12.3. The Kier molecular flexibility index (Phi) is 5.93. The second-order valence-electron chi connectivity index (χ2n) is 6.15. The SMILES string of the molecule is Cc1c(CSC(C)C)cccc1NC(=O)N1CCC(C(=O)O)C1. The number of thioether (sulfide) groups is 1. The molecular formula is C17H24N2O3S. The first-order valence-electron chi connectivity index (χ1n) is 7.87. The van der Waals surface area contributed by atoms with Crippen molar-refractivity contribution in [2.75, 3.05) is 18.4 Å². The number of carbonyl (C=O) groups is 2. The van der Waals surface area contributed by atoms with Crippen molar-refractivity contribution in [3.8, 4) is 0 Å². The number of anilines is 1. The number of carboxylic acid groups (broad SMARTS) is 1. The fraction of sp³-hybridized carbons (Fsp3) is 0.529. The molecule has 1 fully saturated rings. The van der Waals surface area contributed by atoms with E-state index in [1.807, 2.05) is 30.8 Å². The summed E-state index contributed by atoms with van der Waals surface area (Å²) in [6.45, 7) is 7.11. The maximum Gasteiger partial charge on any atom is 0.321 e. The summed E-state index contributed by atoms with van der Waals surface area (Å²) in [6, 6.07) is 5.70. The molecule has 23 heavy (non-hydrogen) atoms. The van der Waals surface area contributed by atoms with E-state index in [-0.39, 0.29) is 12.6 Å². The molecule has 0 radical (unpaired) electrons. The fourth-order valence-electron chi connectivity index (χ4n) is 2.57. The summed E-state index contributed by atoms with van der Waals surface area (Å²) < 4.78 is 0. The second kappa shape index (κ2) is 7.73. The number of aliphatic carboxylic acids is 1. The lowest BCUT2D eigenvalue weighted by Gasteiger charge is -2.19. The summed E-state index contributed by atoms with van der Waals surface area (Å²) in [5.74, 6) is -0.363. The van der Waals surface area contributed by atoms with E-state index in [9.17, 15) is 9.59 Å². The van der Waals surface area contributed by atoms with E-state index < -0.39 is 11.9 Å². The monoisotopic (exact) mass is 336 g/mol. The van der Waals surface area contributed by atoms with Gasteiger partial charge in [0.1, 0.15) is 0 Å². The van der Waals surface area contributed by atoms with Crippen LogP contribution in [0.15, 0.2) is 18.2 Å². The number of hydrogen-bond acceptors (Lipinski definition) is 3. The molecule has 0 aliphatic carbocycles. The summed E-state index contributed by atoms with van der Waals surface area (Å²) in [5.41, 5.74) is 3.09. The smallest absolute Gasteiger partial charge is 0.321 e. The Morgan fingerprint density at radius 2 is 2.17 bits per heavy atom. The van der Waals surface area contributed by atoms with E-state index >= 15 is 0 Å². The number of nitrogens with zero attached hydrogens (tertiary/aromatic N) is 1. The van der Waals surface area contributed by atoms with Crippen LogP contribution in [0.25, 0.3) is 0 Å². The molecule has 0 aromatic heterocycles. The van der Waals surface area contributed by atoms with Crippen molar-refractivity contribution in [3.63, 3.8) is 0 Å². The predicted molar refractivity (Wildman–Crippen MR) is 93.9 cm³/mol. The highest BCUT2D eigenvalue weighted by Crippen LogP contribution is 2.25. The topological polar surface area (TPSA) is 69.6 Å². The van der Waals surface area contributed by atoms with Crippen molar-refractivity contribution >= 4 is 29.4 Å². The number of benzene rings is 1. The van der Waals surface area contributed by atoms with Gasteiger partial charge in [-0.15, -0.1) is 0 Å². The normalized spacial score (nSPS) is 17.6. The quantitative estimate of drug-likeness (QED) is 0.862. The van der Waals surface area contributed by atoms with Gasteiger partial charge in [0.2, 0.25) is 0 Å². The van der Waals surface area contributed by atoms with Gasteiger partial charge in [0.15, 0.2) is 0 Å². The Labute approximate surface area is 141 Å². The number of urea groups is 1. The molecule has 5 nitrogen and oxygen atoms in total. The zero-order valence-electron chi connectivity index (χ0n) is 13.8. The first kappa shape index (κ1) is 17.7. The molecule has 0 saturated carbocycles. The molecule has 1 heterocycles. The van der Waals surface area contributed by atoms with Gasteiger partial charge < -0.3 is 15.3 Å². The minimum atomic E-state index is -0.829. The summed E-state index contributed by atoms with van der Waals surface area (Å²) >= 11 is 1.87. The number of carbonyl (C=O) groups excluding carboxylic acids is 1. The molecule has 6 heteroatoms. The van der Waals surface area contributed by atoms with Gasteiger partial charge in [-0.25, -0.2) is 4.79 Å². The third kappa shape index (κ3) is 4.64. The molecule has 1 aromatic carbocycles. The fourth-order valence-corrected chi connectivity index (χ4v) is 3.40. The highest BCUT2D eigenvalue weighted by molar-refractivity contribution is 7.99. The van der Waals surface area contributed by atoms with Gasteiger partial charge in [-0.05, 0) is 35.8 Å². The van der Waals surface area contributed by atoms with Crippen LogP contribution in [0, 0.1) is 12.8 Å². The average Bonchev–Trinajstić information content (AvgIpc) is 2.98. The average molecular weight is 336 g/mol. The van der Waals surface area contributed by atoms with Crippen LogP contribution in [0.3, 0.4) is 0 Å². The highest BCUT2D eigenvalue weighted by atomic mass is 32.2. The van der Waals surface area contributed by atoms with Gasteiger partial charge in [-0.3, -0.25) is 4.79 Å². The van der Waals surface area contributed by atoms with Crippen molar-refractivity contribution in [2.24, 2.45) is 5.92 Å². The molecule has 0 bridgehead atoms. The van der Waals surface area contributed by atoms with Crippen molar-refractivity contribution < 1.29 is 14.7 Å². The lowest BCUT2D eigenvalue weighted by Crippen LogP contribution is -2.34. The summed E-state index contributed by atoms with van der Waals surface area (Å²) in [5, 5.41) is 12.5. The lowest BCUT2D eigenvalue weighted by molar-refractivity contribution is -0.141. The van der Waals surface area contributed by atoms with E-state index in [1.54, 1.807) is 4.90 Å². The van der Waals surface area contributed by atoms with Crippen LogP contribution in [-0.4, -0.2) is 40.3 Å². The first-order valence-corrected chi connectivity index (χ1v) is 8.92. The zero-order valence-corrected chi connectivity index (χ0v) is 14.7. The molecule has 2 N–H and O–H groups in total. The van der Waals surface area contributed by atoms with Crippen molar-refractivity contribution in [3.05, 3.63) is 29.3 Å². The number of nitrogens with one attached hydrogen (secondary N) is 1. The van der Waals surface area contributed by atoms with E-state index in [1.165, 1.54) is 5.56 Å². The Balaban J connectivity index is 2.01. The molecular weight excluding hydrogens is 312 g/mol.